The van der Waals surface area contributed by atoms with E-state index in [9.17, 15) is 4.79 Å². The van der Waals surface area contributed by atoms with E-state index in [0.717, 1.165) is 37.4 Å². The highest BCUT2D eigenvalue weighted by molar-refractivity contribution is 6.34. The second-order valence-electron chi connectivity index (χ2n) is 7.42. The number of nitrogens with zero attached hydrogens (tertiary/aromatic N) is 1. The van der Waals surface area contributed by atoms with Crippen LogP contribution in [0.15, 0.2) is 42.5 Å². The number of carbonyl (C=O) groups excluding carboxylic acids is 1. The molecule has 1 aliphatic heterocycles. The summed E-state index contributed by atoms with van der Waals surface area (Å²) in [6.45, 7) is 7.01. The predicted molar refractivity (Wildman–Crippen MR) is 114 cm³/mol. The van der Waals surface area contributed by atoms with Crippen LogP contribution < -0.4 is 10.1 Å². The maximum absolute atomic E-state index is 12.1. The van der Waals surface area contributed by atoms with Gasteiger partial charge in [-0.2, -0.15) is 0 Å². The van der Waals surface area contributed by atoms with Gasteiger partial charge < -0.3 is 10.1 Å². The minimum absolute atomic E-state index is 0.112. The summed E-state index contributed by atoms with van der Waals surface area (Å²) < 4.78 is 5.81. The standard InChI is InChI=1S/C22H26Cl2N2O2/c1-3-15(2)25-22(27)18-12-26(13-18)11-16-4-6-21(7-5-16)28-14-17-8-19(23)10-20(24)9-17/h4-10,15,18H,3,11-14H2,1-2H3,(H,25,27)/t15-/m0/s1. The van der Waals surface area contributed by atoms with Crippen molar-refractivity contribution in [3.05, 3.63) is 63.6 Å². The van der Waals surface area contributed by atoms with Crippen LogP contribution in [0.2, 0.25) is 10.0 Å². The highest BCUT2D eigenvalue weighted by Gasteiger charge is 2.32. The van der Waals surface area contributed by atoms with Crippen molar-refractivity contribution in [2.45, 2.75) is 39.5 Å². The van der Waals surface area contributed by atoms with Gasteiger partial charge in [0.05, 0.1) is 5.92 Å². The minimum Gasteiger partial charge on any atom is -0.489 e. The molecule has 28 heavy (non-hydrogen) atoms. The molecule has 0 bridgehead atoms. The average molecular weight is 421 g/mol. The van der Waals surface area contributed by atoms with Crippen LogP contribution in [0.4, 0.5) is 0 Å². The van der Waals surface area contributed by atoms with Crippen LogP contribution >= 0.6 is 23.2 Å². The first-order valence-corrected chi connectivity index (χ1v) is 10.4. The Morgan fingerprint density at radius 2 is 1.79 bits per heavy atom. The Balaban J connectivity index is 1.43. The second-order valence-corrected chi connectivity index (χ2v) is 8.29. The van der Waals surface area contributed by atoms with Crippen molar-refractivity contribution in [2.75, 3.05) is 13.1 Å². The summed E-state index contributed by atoms with van der Waals surface area (Å²) in [5.74, 6) is 1.09. The molecule has 6 heteroatoms. The van der Waals surface area contributed by atoms with E-state index >= 15 is 0 Å². The SMILES string of the molecule is CC[C@H](C)NC(=O)C1CN(Cc2ccc(OCc3cc(Cl)cc(Cl)c3)cc2)C1. The zero-order chi connectivity index (χ0) is 20.1. The van der Waals surface area contributed by atoms with E-state index in [4.69, 9.17) is 27.9 Å². The lowest BCUT2D eigenvalue weighted by molar-refractivity contribution is -0.131. The molecule has 0 spiro atoms. The Morgan fingerprint density at radius 1 is 1.14 bits per heavy atom. The molecule has 2 aromatic rings. The molecule has 1 heterocycles. The third-order valence-corrected chi connectivity index (χ3v) is 5.42. The Morgan fingerprint density at radius 3 is 2.39 bits per heavy atom. The first-order chi connectivity index (χ1) is 13.4. The van der Waals surface area contributed by atoms with Crippen molar-refractivity contribution in [3.63, 3.8) is 0 Å². The molecule has 0 unspecified atom stereocenters. The lowest BCUT2D eigenvalue weighted by Gasteiger charge is -2.38. The van der Waals surface area contributed by atoms with E-state index in [1.807, 2.05) is 31.2 Å². The maximum atomic E-state index is 12.1. The van der Waals surface area contributed by atoms with Crippen molar-refractivity contribution < 1.29 is 9.53 Å². The van der Waals surface area contributed by atoms with Gasteiger partial charge in [-0.3, -0.25) is 9.69 Å². The minimum atomic E-state index is 0.112. The fourth-order valence-corrected chi connectivity index (χ4v) is 3.71. The zero-order valence-corrected chi connectivity index (χ0v) is 17.8. The van der Waals surface area contributed by atoms with Crippen LogP contribution in [0.25, 0.3) is 0 Å². The van der Waals surface area contributed by atoms with E-state index in [1.165, 1.54) is 5.56 Å². The normalized spacial score (nSPS) is 15.7. The summed E-state index contributed by atoms with van der Waals surface area (Å²) in [4.78, 5) is 14.4. The topological polar surface area (TPSA) is 41.6 Å². The molecular formula is C22H26Cl2N2O2. The van der Waals surface area contributed by atoms with Gasteiger partial charge in [0, 0.05) is 35.7 Å². The van der Waals surface area contributed by atoms with E-state index in [2.05, 4.69) is 29.3 Å². The summed E-state index contributed by atoms with van der Waals surface area (Å²) in [6, 6.07) is 13.7. The van der Waals surface area contributed by atoms with Crippen LogP contribution in [0, 0.1) is 5.92 Å². The molecule has 1 aliphatic rings. The Bertz CT molecular complexity index is 784. The van der Waals surface area contributed by atoms with Crippen LogP contribution in [-0.4, -0.2) is 29.9 Å². The van der Waals surface area contributed by atoms with Crippen molar-refractivity contribution in [1.29, 1.82) is 0 Å². The number of hydrogen-bond donors (Lipinski definition) is 1. The number of halogens is 2. The van der Waals surface area contributed by atoms with E-state index < -0.39 is 0 Å². The fourth-order valence-electron chi connectivity index (χ4n) is 3.14. The van der Waals surface area contributed by atoms with Gasteiger partial charge in [-0.05, 0) is 54.8 Å². The van der Waals surface area contributed by atoms with Gasteiger partial charge in [-0.1, -0.05) is 42.3 Å². The highest BCUT2D eigenvalue weighted by Crippen LogP contribution is 2.23. The van der Waals surface area contributed by atoms with Crippen molar-refractivity contribution in [1.82, 2.24) is 10.2 Å². The molecule has 1 saturated heterocycles. The Kier molecular flexibility index (Phi) is 7.22. The van der Waals surface area contributed by atoms with Gasteiger partial charge in [0.15, 0.2) is 0 Å². The van der Waals surface area contributed by atoms with E-state index in [1.54, 1.807) is 6.07 Å². The monoisotopic (exact) mass is 420 g/mol. The number of hydrogen-bond acceptors (Lipinski definition) is 3. The lowest BCUT2D eigenvalue weighted by Crippen LogP contribution is -2.54. The maximum Gasteiger partial charge on any atom is 0.225 e. The first-order valence-electron chi connectivity index (χ1n) is 9.62. The molecule has 1 atom stereocenters. The predicted octanol–water partition coefficient (Wildman–Crippen LogP) is 4.92. The summed E-state index contributed by atoms with van der Waals surface area (Å²) in [5.41, 5.74) is 2.14. The van der Waals surface area contributed by atoms with Crippen LogP contribution in [0.5, 0.6) is 5.75 Å². The summed E-state index contributed by atoms with van der Waals surface area (Å²) in [7, 11) is 0. The van der Waals surface area contributed by atoms with Crippen molar-refractivity contribution in [2.24, 2.45) is 5.92 Å². The van der Waals surface area contributed by atoms with Crippen molar-refractivity contribution >= 4 is 29.1 Å². The third-order valence-electron chi connectivity index (χ3n) is 4.99. The third kappa shape index (κ3) is 5.87. The Hall–Kier alpha value is -1.75. The molecule has 0 aliphatic carbocycles. The van der Waals surface area contributed by atoms with Gasteiger partial charge in [0.1, 0.15) is 12.4 Å². The van der Waals surface area contributed by atoms with Crippen LogP contribution in [0.1, 0.15) is 31.4 Å². The van der Waals surface area contributed by atoms with Gasteiger partial charge in [-0.15, -0.1) is 0 Å². The van der Waals surface area contributed by atoms with Crippen LogP contribution in [-0.2, 0) is 17.9 Å². The number of nitrogens with one attached hydrogen (secondary N) is 1. The molecule has 0 saturated carbocycles. The zero-order valence-electron chi connectivity index (χ0n) is 16.3. The number of ether oxygens (including phenoxy) is 1. The summed E-state index contributed by atoms with van der Waals surface area (Å²) >= 11 is 12.0. The summed E-state index contributed by atoms with van der Waals surface area (Å²) in [6.07, 6.45) is 0.959. The summed E-state index contributed by atoms with van der Waals surface area (Å²) in [5, 5.41) is 4.27. The van der Waals surface area contributed by atoms with Gasteiger partial charge in [0.25, 0.3) is 0 Å². The number of carbonyl (C=O) groups is 1. The molecule has 1 fully saturated rings. The number of benzene rings is 2. The van der Waals surface area contributed by atoms with Crippen LogP contribution in [0.3, 0.4) is 0 Å². The van der Waals surface area contributed by atoms with Gasteiger partial charge >= 0.3 is 0 Å². The number of likely N-dealkylation sites (tertiary alicyclic amines) is 1. The van der Waals surface area contributed by atoms with E-state index in [0.29, 0.717) is 16.7 Å². The molecule has 1 amide bonds. The first kappa shape index (κ1) is 21.0. The molecule has 1 N–H and O–H groups in total. The smallest absolute Gasteiger partial charge is 0.225 e. The molecule has 2 aromatic carbocycles. The Labute approximate surface area is 176 Å². The van der Waals surface area contributed by atoms with Gasteiger partial charge in [-0.25, -0.2) is 0 Å². The number of amides is 1. The molecule has 0 aromatic heterocycles. The molecular weight excluding hydrogens is 395 g/mol. The van der Waals surface area contributed by atoms with E-state index in [-0.39, 0.29) is 17.9 Å². The molecule has 4 nitrogen and oxygen atoms in total. The average Bonchev–Trinajstić information content (AvgIpc) is 2.62. The fraction of sp³-hybridized carbons (Fsp3) is 0.409. The number of rotatable bonds is 8. The molecule has 0 radical (unpaired) electrons. The molecule has 3 rings (SSSR count). The van der Waals surface area contributed by atoms with Gasteiger partial charge in [0.2, 0.25) is 5.91 Å². The highest BCUT2D eigenvalue weighted by atomic mass is 35.5. The largest absolute Gasteiger partial charge is 0.489 e. The quantitative estimate of drug-likeness (QED) is 0.658. The van der Waals surface area contributed by atoms with Crippen molar-refractivity contribution in [3.8, 4) is 5.75 Å². The lowest BCUT2D eigenvalue weighted by atomic mass is 9.97. The second kappa shape index (κ2) is 9.64. The molecule has 150 valence electrons.